The maximum Gasteiger partial charge on any atom is 0.147 e. The third kappa shape index (κ3) is 7.09. The summed E-state index contributed by atoms with van der Waals surface area (Å²) in [5.74, 6) is -1.45. The number of halogens is 4. The molecule has 0 aliphatic carbocycles. The fourth-order valence-corrected chi connectivity index (χ4v) is 4.94. The lowest BCUT2D eigenvalue weighted by Gasteiger charge is -2.11. The van der Waals surface area contributed by atoms with E-state index in [-0.39, 0.29) is 22.1 Å². The van der Waals surface area contributed by atoms with Gasteiger partial charge in [0.15, 0.2) is 0 Å². The second kappa shape index (κ2) is 14.4. The molecule has 0 unspecified atom stereocenters. The molecule has 0 radical (unpaired) electrons. The topological polar surface area (TPSA) is 98.6 Å². The molecule has 46 heavy (non-hydrogen) atoms. The van der Waals surface area contributed by atoms with Gasteiger partial charge in [-0.2, -0.15) is 0 Å². The van der Waals surface area contributed by atoms with Crippen molar-refractivity contribution in [3.8, 4) is 34.2 Å². The summed E-state index contributed by atoms with van der Waals surface area (Å²) in [7, 11) is 0. The van der Waals surface area contributed by atoms with Crippen LogP contribution in [-0.4, -0.2) is 30.1 Å². The molecule has 240 valence electrons. The van der Waals surface area contributed by atoms with E-state index in [9.17, 15) is 17.6 Å². The molecule has 0 aliphatic rings. The molecule has 4 aromatic carbocycles. The first kappa shape index (κ1) is 35.4. The lowest BCUT2D eigenvalue weighted by Crippen LogP contribution is -2.01. The van der Waals surface area contributed by atoms with E-state index in [1.165, 1.54) is 24.3 Å². The number of rotatable bonds is 4. The Morgan fingerprint density at radius 2 is 0.783 bits per heavy atom. The minimum absolute atomic E-state index is 0. The van der Waals surface area contributed by atoms with Crippen molar-refractivity contribution < 1.29 is 28.5 Å². The summed E-state index contributed by atoms with van der Waals surface area (Å²) >= 11 is 0. The van der Waals surface area contributed by atoms with Gasteiger partial charge in [0, 0.05) is 34.9 Å². The van der Waals surface area contributed by atoms with E-state index in [0.717, 1.165) is 57.4 Å². The Hall–Kier alpha value is -5.06. The van der Waals surface area contributed by atoms with Crippen LogP contribution in [-0.2, 0) is 0 Å². The minimum Gasteiger partial charge on any atom is -0.412 e. The maximum atomic E-state index is 14.1. The van der Waals surface area contributed by atoms with Crippen LogP contribution in [0, 0.1) is 64.8 Å². The molecule has 6 aromatic rings. The van der Waals surface area contributed by atoms with E-state index < -0.39 is 23.3 Å². The summed E-state index contributed by atoms with van der Waals surface area (Å²) in [5, 5.41) is 0. The van der Waals surface area contributed by atoms with Crippen molar-refractivity contribution in [2.24, 2.45) is 0 Å². The molecule has 0 bridgehead atoms. The third-order valence-corrected chi connectivity index (χ3v) is 7.62. The van der Waals surface area contributed by atoms with Crippen molar-refractivity contribution in [3.05, 3.63) is 142 Å². The summed E-state index contributed by atoms with van der Waals surface area (Å²) < 4.78 is 58.4. The van der Waals surface area contributed by atoms with Gasteiger partial charge in [0.2, 0.25) is 0 Å². The van der Waals surface area contributed by atoms with Gasteiger partial charge in [-0.25, -0.2) is 27.5 Å². The Morgan fingerprint density at radius 3 is 1.09 bits per heavy atom. The molecule has 10 heteroatoms. The van der Waals surface area contributed by atoms with Crippen molar-refractivity contribution in [2.45, 2.75) is 41.5 Å². The first-order valence-corrected chi connectivity index (χ1v) is 14.1. The van der Waals surface area contributed by atoms with E-state index in [1.807, 2.05) is 99.2 Å². The van der Waals surface area contributed by atoms with Gasteiger partial charge in [-0.05, 0) is 90.1 Å². The smallest absolute Gasteiger partial charge is 0.147 e. The summed E-state index contributed by atoms with van der Waals surface area (Å²) in [5.41, 5.74) is 8.19. The molecule has 0 spiro atoms. The fraction of sp³-hybridized carbons (Fsp3) is 0.167. The summed E-state index contributed by atoms with van der Waals surface area (Å²) in [6.07, 6.45) is 0. The van der Waals surface area contributed by atoms with Gasteiger partial charge < -0.3 is 11.0 Å². The van der Waals surface area contributed by atoms with Crippen LogP contribution in [0.5, 0.6) is 0 Å². The van der Waals surface area contributed by atoms with Gasteiger partial charge in [-0.3, -0.25) is 9.13 Å². The van der Waals surface area contributed by atoms with Crippen LogP contribution in [0.2, 0.25) is 0 Å². The number of aryl methyl sites for hydroxylation is 4. The summed E-state index contributed by atoms with van der Waals surface area (Å²) in [4.78, 5) is 8.94. The summed E-state index contributed by atoms with van der Waals surface area (Å²) in [6, 6.07) is 23.0. The van der Waals surface area contributed by atoms with Crippen LogP contribution in [0.15, 0.2) is 84.9 Å². The molecule has 0 atom stereocenters. The molecule has 2 aromatic heterocycles. The monoisotopic (exact) mass is 632 g/mol. The Morgan fingerprint density at radius 1 is 0.457 bits per heavy atom. The Labute approximate surface area is 265 Å². The Bertz CT molecular complexity index is 1820. The summed E-state index contributed by atoms with van der Waals surface area (Å²) in [6.45, 7) is 11.7. The van der Waals surface area contributed by atoms with Gasteiger partial charge >= 0.3 is 0 Å². The lowest BCUT2D eigenvalue weighted by molar-refractivity contribution is 0.584. The highest BCUT2D eigenvalue weighted by molar-refractivity contribution is 5.62. The number of hydrogen-bond donors (Lipinski definition) is 0. The second-order valence-corrected chi connectivity index (χ2v) is 10.8. The van der Waals surface area contributed by atoms with E-state index in [2.05, 4.69) is 9.97 Å². The predicted octanol–water partition coefficient (Wildman–Crippen LogP) is 7.84. The Kier molecular flexibility index (Phi) is 11.1. The van der Waals surface area contributed by atoms with Crippen LogP contribution in [0.4, 0.5) is 17.6 Å². The fourth-order valence-electron chi connectivity index (χ4n) is 4.94. The zero-order valence-corrected chi connectivity index (χ0v) is 26.4. The molecular weight excluding hydrogens is 596 g/mol. The maximum absolute atomic E-state index is 14.1. The number of nitrogens with zero attached hydrogens (tertiary/aromatic N) is 4. The molecule has 6 rings (SSSR count). The van der Waals surface area contributed by atoms with Crippen molar-refractivity contribution in [1.82, 2.24) is 19.1 Å². The van der Waals surface area contributed by atoms with Gasteiger partial charge in [-0.1, -0.05) is 35.4 Å². The lowest BCUT2D eigenvalue weighted by atomic mass is 10.1. The molecule has 0 fully saturated rings. The normalized spacial score (nSPS) is 10.5. The highest BCUT2D eigenvalue weighted by Gasteiger charge is 2.19. The highest BCUT2D eigenvalue weighted by Crippen LogP contribution is 2.30. The van der Waals surface area contributed by atoms with Gasteiger partial charge in [0.1, 0.15) is 34.9 Å². The SMILES string of the molecule is Cc1ccc(-n2c(-c3ccc(F)cc3F)nc(C)c2C)cc1.Cc1ccc(-n2c(-c3ccc(F)cc3F)nc(C)c2C)cc1.O.O. The molecule has 0 saturated heterocycles. The van der Waals surface area contributed by atoms with E-state index >= 15 is 0 Å². The van der Waals surface area contributed by atoms with Crippen molar-refractivity contribution in [2.75, 3.05) is 0 Å². The van der Waals surface area contributed by atoms with Crippen LogP contribution in [0.3, 0.4) is 0 Å². The minimum atomic E-state index is -0.613. The standard InChI is InChI=1S/2C18H16F2N2.2H2O/c2*1-11-4-7-15(8-5-11)22-13(3)12(2)21-18(22)16-9-6-14(19)10-17(16)20;;/h2*4-10H,1-3H3;2*1H2. The van der Waals surface area contributed by atoms with Crippen molar-refractivity contribution in [3.63, 3.8) is 0 Å². The molecule has 0 amide bonds. The largest absolute Gasteiger partial charge is 0.412 e. The molecule has 6 nitrogen and oxygen atoms in total. The van der Waals surface area contributed by atoms with E-state index in [4.69, 9.17) is 0 Å². The van der Waals surface area contributed by atoms with Crippen molar-refractivity contribution >= 4 is 0 Å². The third-order valence-electron chi connectivity index (χ3n) is 7.62. The second-order valence-electron chi connectivity index (χ2n) is 10.8. The van der Waals surface area contributed by atoms with Crippen molar-refractivity contribution in [1.29, 1.82) is 0 Å². The van der Waals surface area contributed by atoms with E-state index in [1.54, 1.807) is 0 Å². The molecule has 4 N–H and O–H groups in total. The van der Waals surface area contributed by atoms with Crippen LogP contribution in [0.25, 0.3) is 34.2 Å². The van der Waals surface area contributed by atoms with E-state index in [0.29, 0.717) is 11.6 Å². The number of benzene rings is 4. The molecule has 0 saturated carbocycles. The zero-order valence-electron chi connectivity index (χ0n) is 26.4. The molecular formula is C36H36F4N4O2. The molecule has 2 heterocycles. The van der Waals surface area contributed by atoms with Gasteiger partial charge in [0.25, 0.3) is 0 Å². The zero-order chi connectivity index (χ0) is 31.7. The predicted molar refractivity (Wildman–Crippen MR) is 173 cm³/mol. The number of imidazole rings is 2. The number of aromatic nitrogens is 4. The first-order valence-electron chi connectivity index (χ1n) is 14.1. The molecule has 0 aliphatic heterocycles. The first-order chi connectivity index (χ1) is 20.9. The van der Waals surface area contributed by atoms with Crippen LogP contribution < -0.4 is 0 Å². The van der Waals surface area contributed by atoms with Crippen LogP contribution in [0.1, 0.15) is 33.9 Å². The van der Waals surface area contributed by atoms with Gasteiger partial charge in [0.05, 0.1) is 22.5 Å². The average Bonchev–Trinajstić information content (AvgIpc) is 3.44. The number of hydrogen-bond acceptors (Lipinski definition) is 2. The van der Waals surface area contributed by atoms with Crippen LogP contribution >= 0.6 is 0 Å². The quantitative estimate of drug-likeness (QED) is 0.185. The van der Waals surface area contributed by atoms with Gasteiger partial charge in [-0.15, -0.1) is 0 Å². The highest BCUT2D eigenvalue weighted by atomic mass is 19.1. The average molecular weight is 633 g/mol. The Balaban J connectivity index is 0.000000240.